The first-order valence-corrected chi connectivity index (χ1v) is 9.19. The molecule has 0 bridgehead atoms. The second kappa shape index (κ2) is 8.86. The molecule has 1 heterocycles. The number of carbonyl (C=O) groups is 1. The Morgan fingerprint density at radius 3 is 2.27 bits per heavy atom. The van der Waals surface area contributed by atoms with Gasteiger partial charge in [0.1, 0.15) is 5.75 Å². The van der Waals surface area contributed by atoms with Gasteiger partial charge in [-0.15, -0.1) is 0 Å². The van der Waals surface area contributed by atoms with E-state index in [1.54, 1.807) is 14.2 Å². The summed E-state index contributed by atoms with van der Waals surface area (Å²) in [6, 6.07) is 18.1. The van der Waals surface area contributed by atoms with Crippen LogP contribution >= 0.6 is 0 Å². The number of rotatable bonds is 6. The summed E-state index contributed by atoms with van der Waals surface area (Å²) < 4.78 is 10.9. The predicted molar refractivity (Wildman–Crippen MR) is 102 cm³/mol. The highest BCUT2D eigenvalue weighted by atomic mass is 16.5. The Morgan fingerprint density at radius 1 is 1.04 bits per heavy atom. The molecule has 2 aromatic carbocycles. The SMILES string of the molecule is COc1ccc(CC(=O)N2CCC(C(OC)c3ccccc3)CC2)cc1. The summed E-state index contributed by atoms with van der Waals surface area (Å²) in [5.74, 6) is 1.46. The zero-order valence-electron chi connectivity index (χ0n) is 15.6. The van der Waals surface area contributed by atoms with Crippen molar-refractivity contribution in [1.82, 2.24) is 4.90 Å². The molecule has 0 saturated carbocycles. The van der Waals surface area contributed by atoms with Crippen molar-refractivity contribution in [3.63, 3.8) is 0 Å². The number of ether oxygens (including phenoxy) is 2. The van der Waals surface area contributed by atoms with Crippen molar-refractivity contribution in [3.05, 3.63) is 65.7 Å². The minimum atomic E-state index is 0.107. The number of benzene rings is 2. The monoisotopic (exact) mass is 353 g/mol. The summed E-state index contributed by atoms with van der Waals surface area (Å²) in [6.45, 7) is 1.60. The summed E-state index contributed by atoms with van der Waals surface area (Å²) in [7, 11) is 3.42. The summed E-state index contributed by atoms with van der Waals surface area (Å²) >= 11 is 0. The number of methoxy groups -OCH3 is 2. The number of piperidine rings is 1. The summed E-state index contributed by atoms with van der Waals surface area (Å²) in [5, 5.41) is 0. The molecule has 0 aromatic heterocycles. The summed E-state index contributed by atoms with van der Waals surface area (Å²) in [6.07, 6.45) is 2.50. The molecule has 0 radical (unpaired) electrons. The van der Waals surface area contributed by atoms with Gasteiger partial charge >= 0.3 is 0 Å². The number of amides is 1. The van der Waals surface area contributed by atoms with E-state index in [1.807, 2.05) is 35.2 Å². The number of likely N-dealkylation sites (tertiary alicyclic amines) is 1. The van der Waals surface area contributed by atoms with Crippen LogP contribution < -0.4 is 4.74 Å². The molecule has 4 nitrogen and oxygen atoms in total. The number of carbonyl (C=O) groups excluding carboxylic acids is 1. The van der Waals surface area contributed by atoms with Crippen molar-refractivity contribution in [3.8, 4) is 5.75 Å². The van der Waals surface area contributed by atoms with Gasteiger partial charge in [0.15, 0.2) is 0 Å². The van der Waals surface area contributed by atoms with E-state index < -0.39 is 0 Å². The maximum atomic E-state index is 12.6. The van der Waals surface area contributed by atoms with Crippen LogP contribution in [0.25, 0.3) is 0 Å². The predicted octanol–water partition coefficient (Wildman–Crippen LogP) is 3.86. The number of hydrogen-bond donors (Lipinski definition) is 0. The molecule has 0 spiro atoms. The fourth-order valence-corrected chi connectivity index (χ4v) is 3.72. The second-order valence-electron chi connectivity index (χ2n) is 6.81. The van der Waals surface area contributed by atoms with Crippen LogP contribution in [0.3, 0.4) is 0 Å². The van der Waals surface area contributed by atoms with Crippen LogP contribution in [0.5, 0.6) is 5.75 Å². The van der Waals surface area contributed by atoms with Crippen LogP contribution in [0, 0.1) is 5.92 Å². The largest absolute Gasteiger partial charge is 0.497 e. The standard InChI is InChI=1S/C22H27NO3/c1-25-20-10-8-17(9-11-20)16-21(24)23-14-12-19(13-15-23)22(26-2)18-6-4-3-5-7-18/h3-11,19,22H,12-16H2,1-2H3. The fraction of sp³-hybridized carbons (Fsp3) is 0.409. The average Bonchev–Trinajstić information content (AvgIpc) is 2.70. The summed E-state index contributed by atoms with van der Waals surface area (Å²) in [5.41, 5.74) is 2.25. The van der Waals surface area contributed by atoms with E-state index in [0.29, 0.717) is 12.3 Å². The van der Waals surface area contributed by atoms with Crippen molar-refractivity contribution in [1.29, 1.82) is 0 Å². The quantitative estimate of drug-likeness (QED) is 0.791. The van der Waals surface area contributed by atoms with Gasteiger partial charge in [0, 0.05) is 20.2 Å². The maximum absolute atomic E-state index is 12.6. The zero-order valence-corrected chi connectivity index (χ0v) is 15.6. The highest BCUT2D eigenvalue weighted by molar-refractivity contribution is 5.78. The van der Waals surface area contributed by atoms with Crippen molar-refractivity contribution in [2.75, 3.05) is 27.3 Å². The molecule has 1 fully saturated rings. The van der Waals surface area contributed by atoms with Crippen LogP contribution in [-0.2, 0) is 16.0 Å². The lowest BCUT2D eigenvalue weighted by molar-refractivity contribution is -0.132. The van der Waals surface area contributed by atoms with Crippen LogP contribution in [0.15, 0.2) is 54.6 Å². The lowest BCUT2D eigenvalue weighted by Crippen LogP contribution is -2.40. The molecule has 4 heteroatoms. The molecule has 0 aliphatic carbocycles. The maximum Gasteiger partial charge on any atom is 0.226 e. The van der Waals surface area contributed by atoms with E-state index in [9.17, 15) is 4.79 Å². The Hall–Kier alpha value is -2.33. The van der Waals surface area contributed by atoms with Gasteiger partial charge < -0.3 is 14.4 Å². The molecule has 1 saturated heterocycles. The Balaban J connectivity index is 1.54. The van der Waals surface area contributed by atoms with E-state index in [1.165, 1.54) is 5.56 Å². The molecule has 0 N–H and O–H groups in total. The Bertz CT molecular complexity index is 691. The van der Waals surface area contributed by atoms with E-state index in [4.69, 9.17) is 9.47 Å². The minimum Gasteiger partial charge on any atom is -0.497 e. The molecule has 1 aliphatic rings. The third kappa shape index (κ3) is 4.44. The molecule has 1 unspecified atom stereocenters. The summed E-state index contributed by atoms with van der Waals surface area (Å²) in [4.78, 5) is 14.6. The second-order valence-corrected chi connectivity index (χ2v) is 6.81. The van der Waals surface area contributed by atoms with Gasteiger partial charge in [0.05, 0.1) is 19.6 Å². The Morgan fingerprint density at radius 2 is 1.69 bits per heavy atom. The van der Waals surface area contributed by atoms with Gasteiger partial charge in [-0.05, 0) is 42.0 Å². The first kappa shape index (κ1) is 18.5. The lowest BCUT2D eigenvalue weighted by atomic mass is 9.87. The van der Waals surface area contributed by atoms with Gasteiger partial charge in [-0.1, -0.05) is 42.5 Å². The Kier molecular flexibility index (Phi) is 6.29. The molecule has 1 amide bonds. The van der Waals surface area contributed by atoms with E-state index in [2.05, 4.69) is 24.3 Å². The van der Waals surface area contributed by atoms with Gasteiger partial charge in [-0.25, -0.2) is 0 Å². The van der Waals surface area contributed by atoms with Crippen LogP contribution in [0.4, 0.5) is 0 Å². The lowest BCUT2D eigenvalue weighted by Gasteiger charge is -2.35. The average molecular weight is 353 g/mol. The Labute approximate surface area is 155 Å². The first-order chi connectivity index (χ1) is 12.7. The van der Waals surface area contributed by atoms with E-state index >= 15 is 0 Å². The van der Waals surface area contributed by atoms with Crippen molar-refractivity contribution >= 4 is 5.91 Å². The van der Waals surface area contributed by atoms with Gasteiger partial charge in [0.25, 0.3) is 0 Å². The number of hydrogen-bond acceptors (Lipinski definition) is 3. The zero-order chi connectivity index (χ0) is 18.4. The van der Waals surface area contributed by atoms with Crippen molar-refractivity contribution in [2.45, 2.75) is 25.4 Å². The van der Waals surface area contributed by atoms with Gasteiger partial charge in [-0.2, -0.15) is 0 Å². The molecule has 1 atom stereocenters. The third-order valence-corrected chi connectivity index (χ3v) is 5.22. The topological polar surface area (TPSA) is 38.8 Å². The van der Waals surface area contributed by atoms with Gasteiger partial charge in [0.2, 0.25) is 5.91 Å². The molecule has 2 aromatic rings. The van der Waals surface area contributed by atoms with Crippen LogP contribution in [-0.4, -0.2) is 38.1 Å². The van der Waals surface area contributed by atoms with Crippen molar-refractivity contribution < 1.29 is 14.3 Å². The normalized spacial score (nSPS) is 16.3. The van der Waals surface area contributed by atoms with E-state index in [0.717, 1.165) is 37.2 Å². The highest BCUT2D eigenvalue weighted by Crippen LogP contribution is 2.33. The van der Waals surface area contributed by atoms with E-state index in [-0.39, 0.29) is 12.0 Å². The van der Waals surface area contributed by atoms with Gasteiger partial charge in [-0.3, -0.25) is 4.79 Å². The molecule has 26 heavy (non-hydrogen) atoms. The third-order valence-electron chi connectivity index (χ3n) is 5.22. The molecule has 138 valence electrons. The minimum absolute atomic E-state index is 0.107. The molecular weight excluding hydrogens is 326 g/mol. The first-order valence-electron chi connectivity index (χ1n) is 9.19. The smallest absolute Gasteiger partial charge is 0.226 e. The highest BCUT2D eigenvalue weighted by Gasteiger charge is 2.29. The van der Waals surface area contributed by atoms with Crippen LogP contribution in [0.2, 0.25) is 0 Å². The van der Waals surface area contributed by atoms with Crippen LogP contribution in [0.1, 0.15) is 30.1 Å². The fourth-order valence-electron chi connectivity index (χ4n) is 3.72. The molecular formula is C22H27NO3. The molecule has 1 aliphatic heterocycles. The number of nitrogens with zero attached hydrogens (tertiary/aromatic N) is 1. The molecule has 3 rings (SSSR count). The van der Waals surface area contributed by atoms with Crippen molar-refractivity contribution in [2.24, 2.45) is 5.92 Å².